The van der Waals surface area contributed by atoms with Crippen LogP contribution in [0, 0.1) is 0 Å². The van der Waals surface area contributed by atoms with Crippen LogP contribution in [0.25, 0.3) is 0 Å². The first-order valence-electron chi connectivity index (χ1n) is 5.75. The van der Waals surface area contributed by atoms with Gasteiger partial charge < -0.3 is 9.73 Å². The largest absolute Gasteiger partial charge is 0.467 e. The van der Waals surface area contributed by atoms with E-state index >= 15 is 0 Å². The molecule has 0 atom stereocenters. The highest BCUT2D eigenvalue weighted by atomic mass is 35.5. The van der Waals surface area contributed by atoms with E-state index in [-0.39, 0.29) is 16.5 Å². The highest BCUT2D eigenvalue weighted by Gasteiger charge is 2.21. The van der Waals surface area contributed by atoms with E-state index in [0.717, 1.165) is 0 Å². The average Bonchev–Trinajstić information content (AvgIpc) is 2.89. The van der Waals surface area contributed by atoms with Gasteiger partial charge in [-0.1, -0.05) is 23.7 Å². The van der Waals surface area contributed by atoms with E-state index in [2.05, 4.69) is 5.32 Å². The van der Waals surface area contributed by atoms with Crippen LogP contribution in [0.5, 0.6) is 0 Å². The molecule has 106 valence electrons. The van der Waals surface area contributed by atoms with Gasteiger partial charge in [-0.2, -0.15) is 0 Å². The van der Waals surface area contributed by atoms with E-state index in [9.17, 15) is 13.2 Å². The van der Waals surface area contributed by atoms with Crippen LogP contribution in [0.4, 0.5) is 0 Å². The molecule has 1 aromatic heterocycles. The summed E-state index contributed by atoms with van der Waals surface area (Å²) in [5.41, 5.74) is 0. The molecule has 7 heteroatoms. The minimum absolute atomic E-state index is 0.0465. The van der Waals surface area contributed by atoms with Crippen molar-refractivity contribution in [1.82, 2.24) is 5.32 Å². The van der Waals surface area contributed by atoms with Crippen molar-refractivity contribution in [3.8, 4) is 0 Å². The summed E-state index contributed by atoms with van der Waals surface area (Å²) in [6.07, 6.45) is 1.47. The van der Waals surface area contributed by atoms with Crippen molar-refractivity contribution < 1.29 is 17.6 Å². The predicted octanol–water partition coefficient (Wildman–Crippen LogP) is 2.02. The fourth-order valence-electron chi connectivity index (χ4n) is 1.60. The Morgan fingerprint density at radius 1 is 1.20 bits per heavy atom. The second-order valence-electron chi connectivity index (χ2n) is 4.05. The molecule has 0 aliphatic rings. The number of sulfone groups is 1. The molecule has 1 amide bonds. The predicted molar refractivity (Wildman–Crippen MR) is 74.1 cm³/mol. The molecule has 0 saturated carbocycles. The van der Waals surface area contributed by atoms with Crippen molar-refractivity contribution >= 4 is 27.3 Å². The normalized spacial score (nSPS) is 11.2. The van der Waals surface area contributed by atoms with Gasteiger partial charge in [0, 0.05) is 0 Å². The minimum atomic E-state index is -3.76. The zero-order chi connectivity index (χ0) is 14.6. The third-order valence-corrected chi connectivity index (χ3v) is 4.64. The number of furan rings is 1. The Bertz CT molecular complexity index is 695. The second kappa shape index (κ2) is 6.11. The first kappa shape index (κ1) is 14.6. The zero-order valence-corrected chi connectivity index (χ0v) is 11.9. The Labute approximate surface area is 121 Å². The summed E-state index contributed by atoms with van der Waals surface area (Å²) in [5.74, 6) is -0.716. The summed E-state index contributed by atoms with van der Waals surface area (Å²) >= 11 is 5.82. The summed E-state index contributed by atoms with van der Waals surface area (Å²) in [4.78, 5) is 11.6. The molecular formula is C13H12ClNO4S. The van der Waals surface area contributed by atoms with Gasteiger partial charge in [0.05, 0.1) is 22.7 Å². The van der Waals surface area contributed by atoms with Gasteiger partial charge >= 0.3 is 0 Å². The van der Waals surface area contributed by atoms with Crippen LogP contribution >= 0.6 is 11.6 Å². The summed E-state index contributed by atoms with van der Waals surface area (Å²) in [7, 11) is -3.76. The number of rotatable bonds is 5. The first-order valence-corrected chi connectivity index (χ1v) is 7.78. The van der Waals surface area contributed by atoms with E-state index in [0.29, 0.717) is 5.76 Å². The number of carbonyl (C=O) groups excluding carboxylic acids is 1. The molecule has 5 nitrogen and oxygen atoms in total. The van der Waals surface area contributed by atoms with Crippen LogP contribution in [0.15, 0.2) is 52.0 Å². The summed E-state index contributed by atoms with van der Waals surface area (Å²) in [5, 5.41) is 2.58. The van der Waals surface area contributed by atoms with Crippen LogP contribution in [-0.2, 0) is 21.2 Å². The monoisotopic (exact) mass is 313 g/mol. The third-order valence-electron chi connectivity index (χ3n) is 2.53. The van der Waals surface area contributed by atoms with Crippen molar-refractivity contribution in [1.29, 1.82) is 0 Å². The lowest BCUT2D eigenvalue weighted by atomic mass is 10.4. The fourth-order valence-corrected chi connectivity index (χ4v) is 3.34. The summed E-state index contributed by atoms with van der Waals surface area (Å²) < 4.78 is 29.1. The van der Waals surface area contributed by atoms with E-state index in [1.54, 1.807) is 24.3 Å². The third kappa shape index (κ3) is 3.61. The van der Waals surface area contributed by atoms with Gasteiger partial charge in [0.15, 0.2) is 9.84 Å². The number of hydrogen-bond donors (Lipinski definition) is 1. The van der Waals surface area contributed by atoms with Crippen LogP contribution < -0.4 is 5.32 Å². The highest BCUT2D eigenvalue weighted by Crippen LogP contribution is 2.21. The molecular weight excluding hydrogens is 302 g/mol. The van der Waals surface area contributed by atoms with Crippen LogP contribution in [0.2, 0.25) is 5.02 Å². The Morgan fingerprint density at radius 3 is 2.60 bits per heavy atom. The molecule has 0 bridgehead atoms. The molecule has 0 fully saturated rings. The van der Waals surface area contributed by atoms with Crippen molar-refractivity contribution in [3.63, 3.8) is 0 Å². The van der Waals surface area contributed by atoms with Gasteiger partial charge in [-0.25, -0.2) is 8.42 Å². The molecule has 1 N–H and O–H groups in total. The molecule has 0 radical (unpaired) electrons. The molecule has 0 saturated heterocycles. The average molecular weight is 314 g/mol. The van der Waals surface area contributed by atoms with Gasteiger partial charge in [0.25, 0.3) is 0 Å². The van der Waals surface area contributed by atoms with Gasteiger partial charge in [-0.05, 0) is 24.3 Å². The fraction of sp³-hybridized carbons (Fsp3) is 0.154. The number of nitrogens with one attached hydrogen (secondary N) is 1. The van der Waals surface area contributed by atoms with Gasteiger partial charge in [0.2, 0.25) is 5.91 Å². The lowest BCUT2D eigenvalue weighted by molar-refractivity contribution is -0.118. The molecule has 1 aromatic carbocycles. The molecule has 1 heterocycles. The number of benzene rings is 1. The SMILES string of the molecule is O=C(CS(=O)(=O)c1ccccc1Cl)NCc1ccco1. The number of amides is 1. The van der Waals surface area contributed by atoms with Gasteiger partial charge in [0.1, 0.15) is 11.5 Å². The zero-order valence-electron chi connectivity index (χ0n) is 10.4. The smallest absolute Gasteiger partial charge is 0.235 e. The Morgan fingerprint density at radius 2 is 1.95 bits per heavy atom. The lowest BCUT2D eigenvalue weighted by Gasteiger charge is -2.06. The van der Waals surface area contributed by atoms with E-state index in [4.69, 9.17) is 16.0 Å². The maximum Gasteiger partial charge on any atom is 0.235 e. The molecule has 20 heavy (non-hydrogen) atoms. The number of carbonyl (C=O) groups is 1. The molecule has 0 unspecified atom stereocenters. The maximum absolute atomic E-state index is 12.1. The van der Waals surface area contributed by atoms with Crippen LogP contribution in [0.1, 0.15) is 5.76 Å². The van der Waals surface area contributed by atoms with Crippen molar-refractivity contribution in [2.24, 2.45) is 0 Å². The van der Waals surface area contributed by atoms with Crippen LogP contribution in [0.3, 0.4) is 0 Å². The van der Waals surface area contributed by atoms with E-state index < -0.39 is 21.5 Å². The molecule has 2 aromatic rings. The Kier molecular flexibility index (Phi) is 4.46. The Hall–Kier alpha value is -1.79. The quantitative estimate of drug-likeness (QED) is 0.916. The van der Waals surface area contributed by atoms with Gasteiger partial charge in [-0.15, -0.1) is 0 Å². The molecule has 0 aliphatic heterocycles. The highest BCUT2D eigenvalue weighted by molar-refractivity contribution is 7.92. The summed E-state index contributed by atoms with van der Waals surface area (Å²) in [6.45, 7) is 0.143. The number of halogens is 1. The van der Waals surface area contributed by atoms with E-state index in [1.807, 2.05) is 0 Å². The Balaban J connectivity index is 2.01. The van der Waals surface area contributed by atoms with E-state index in [1.165, 1.54) is 18.4 Å². The van der Waals surface area contributed by atoms with Gasteiger partial charge in [-0.3, -0.25) is 4.79 Å². The van der Waals surface area contributed by atoms with Crippen molar-refractivity contribution in [2.75, 3.05) is 5.75 Å². The van der Waals surface area contributed by atoms with Crippen molar-refractivity contribution in [3.05, 3.63) is 53.4 Å². The molecule has 0 aliphatic carbocycles. The maximum atomic E-state index is 12.1. The second-order valence-corrected chi connectivity index (χ2v) is 6.41. The summed E-state index contributed by atoms with van der Waals surface area (Å²) in [6, 6.07) is 9.38. The standard InChI is InChI=1S/C13H12ClNO4S/c14-11-5-1-2-6-12(11)20(17,18)9-13(16)15-8-10-4-3-7-19-10/h1-7H,8-9H2,(H,15,16). The number of hydrogen-bond acceptors (Lipinski definition) is 4. The molecule has 2 rings (SSSR count). The topological polar surface area (TPSA) is 76.4 Å². The molecule has 0 spiro atoms. The van der Waals surface area contributed by atoms with Crippen molar-refractivity contribution in [2.45, 2.75) is 11.4 Å². The van der Waals surface area contributed by atoms with Crippen LogP contribution in [-0.4, -0.2) is 20.1 Å². The first-order chi connectivity index (χ1) is 9.49. The minimum Gasteiger partial charge on any atom is -0.467 e. The lowest BCUT2D eigenvalue weighted by Crippen LogP contribution is -2.29.